The Balaban J connectivity index is 0.00000162. The Morgan fingerprint density at radius 2 is 1.63 bits per heavy atom. The number of allylic oxidation sites excluding steroid dienone is 1. The third-order valence-electron chi connectivity index (χ3n) is 3.35. The molecule has 0 radical (unpaired) electrons. The minimum atomic E-state index is 0. The minimum absolute atomic E-state index is 0. The van der Waals surface area contributed by atoms with Gasteiger partial charge in [-0.2, -0.15) is 0 Å². The van der Waals surface area contributed by atoms with Gasteiger partial charge in [-0.1, -0.05) is 24.3 Å². The first-order valence-electron chi connectivity index (χ1n) is 6.42. The second-order valence-corrected chi connectivity index (χ2v) is 4.93. The van der Waals surface area contributed by atoms with Gasteiger partial charge in [0.05, 0.1) is 0 Å². The molecule has 0 unspecified atom stereocenters. The van der Waals surface area contributed by atoms with Gasteiger partial charge in [0.25, 0.3) is 0 Å². The molecule has 0 bridgehead atoms. The van der Waals surface area contributed by atoms with Crippen molar-refractivity contribution in [2.45, 2.75) is 12.8 Å². The average molecular weight is 303 g/mol. The minimum Gasteiger partial charge on any atom is -0.378 e. The highest BCUT2D eigenvalue weighted by Gasteiger charge is 2.08. The van der Waals surface area contributed by atoms with Crippen LogP contribution < -0.4 is 10.2 Å². The number of halogens is 2. The number of rotatable bonds is 3. The lowest BCUT2D eigenvalue weighted by atomic mass is 9.97. The smallest absolute Gasteiger partial charge is 0.0361 e. The maximum Gasteiger partial charge on any atom is 0.0361 e. The van der Waals surface area contributed by atoms with Gasteiger partial charge < -0.3 is 10.2 Å². The van der Waals surface area contributed by atoms with Gasteiger partial charge in [-0.05, 0) is 49.5 Å². The Hall–Kier alpha value is -0.700. The summed E-state index contributed by atoms with van der Waals surface area (Å²) < 4.78 is 0. The van der Waals surface area contributed by atoms with Crippen molar-refractivity contribution in [3.8, 4) is 0 Å². The van der Waals surface area contributed by atoms with Crippen LogP contribution in [0.25, 0.3) is 6.08 Å². The fourth-order valence-corrected chi connectivity index (χ4v) is 2.17. The Morgan fingerprint density at radius 1 is 1.05 bits per heavy atom. The van der Waals surface area contributed by atoms with Crippen molar-refractivity contribution in [1.82, 2.24) is 5.32 Å². The molecule has 1 heterocycles. The monoisotopic (exact) mass is 302 g/mol. The van der Waals surface area contributed by atoms with Crippen LogP contribution in [0.5, 0.6) is 0 Å². The van der Waals surface area contributed by atoms with E-state index in [0.717, 1.165) is 19.0 Å². The van der Waals surface area contributed by atoms with E-state index in [2.05, 4.69) is 60.7 Å². The standard InChI is InChI=1S/C15H22N2.2ClH/c1-17(2)15-7-5-13(6-8-15)3-4-14-9-11-16-12-10-14;;/h3-8,14,16H,9-12H2,1-2H3;2*1H. The van der Waals surface area contributed by atoms with Crippen LogP contribution in [-0.2, 0) is 0 Å². The third-order valence-corrected chi connectivity index (χ3v) is 3.35. The summed E-state index contributed by atoms with van der Waals surface area (Å²) in [5.41, 5.74) is 2.55. The average Bonchev–Trinajstić information content (AvgIpc) is 2.38. The number of benzene rings is 1. The van der Waals surface area contributed by atoms with Crippen LogP contribution in [0.1, 0.15) is 18.4 Å². The van der Waals surface area contributed by atoms with Crippen molar-refractivity contribution in [3.63, 3.8) is 0 Å². The number of hydrogen-bond donors (Lipinski definition) is 1. The molecule has 4 heteroatoms. The van der Waals surface area contributed by atoms with Crippen molar-refractivity contribution >= 4 is 36.6 Å². The zero-order valence-electron chi connectivity index (χ0n) is 11.6. The van der Waals surface area contributed by atoms with Gasteiger partial charge >= 0.3 is 0 Å². The first-order chi connectivity index (χ1) is 8.25. The molecule has 1 aliphatic heterocycles. The van der Waals surface area contributed by atoms with E-state index in [0.29, 0.717) is 0 Å². The summed E-state index contributed by atoms with van der Waals surface area (Å²) in [5, 5.41) is 3.39. The largest absolute Gasteiger partial charge is 0.378 e. The first-order valence-corrected chi connectivity index (χ1v) is 6.42. The molecule has 0 spiro atoms. The van der Waals surface area contributed by atoms with Crippen molar-refractivity contribution in [1.29, 1.82) is 0 Å². The van der Waals surface area contributed by atoms with Crippen LogP contribution in [-0.4, -0.2) is 27.2 Å². The van der Waals surface area contributed by atoms with Crippen LogP contribution in [0, 0.1) is 5.92 Å². The van der Waals surface area contributed by atoms with Gasteiger partial charge in [-0.15, -0.1) is 24.8 Å². The van der Waals surface area contributed by atoms with E-state index in [4.69, 9.17) is 0 Å². The maximum absolute atomic E-state index is 3.39. The van der Waals surface area contributed by atoms with Gasteiger partial charge in [-0.3, -0.25) is 0 Å². The van der Waals surface area contributed by atoms with E-state index >= 15 is 0 Å². The molecule has 1 saturated heterocycles. The highest BCUT2D eigenvalue weighted by Crippen LogP contribution is 2.17. The first kappa shape index (κ1) is 18.3. The van der Waals surface area contributed by atoms with E-state index in [1.54, 1.807) is 0 Å². The molecule has 0 atom stereocenters. The van der Waals surface area contributed by atoms with E-state index < -0.39 is 0 Å². The molecule has 1 aromatic carbocycles. The summed E-state index contributed by atoms with van der Waals surface area (Å²) >= 11 is 0. The summed E-state index contributed by atoms with van der Waals surface area (Å²) in [4.78, 5) is 2.13. The van der Waals surface area contributed by atoms with Crippen molar-refractivity contribution in [2.24, 2.45) is 5.92 Å². The Kier molecular flexibility index (Phi) is 8.90. The van der Waals surface area contributed by atoms with Crippen molar-refractivity contribution in [2.75, 3.05) is 32.1 Å². The lowest BCUT2D eigenvalue weighted by Crippen LogP contribution is -2.26. The highest BCUT2D eigenvalue weighted by atomic mass is 35.5. The SMILES string of the molecule is CN(C)c1ccc(C=CC2CCNCC2)cc1.Cl.Cl. The van der Waals surface area contributed by atoms with Crippen LogP contribution >= 0.6 is 24.8 Å². The van der Waals surface area contributed by atoms with E-state index in [1.807, 2.05) is 0 Å². The molecule has 108 valence electrons. The molecule has 0 aliphatic carbocycles. The molecule has 2 rings (SSSR count). The van der Waals surface area contributed by atoms with E-state index in [1.165, 1.54) is 24.1 Å². The van der Waals surface area contributed by atoms with E-state index in [9.17, 15) is 0 Å². The van der Waals surface area contributed by atoms with Gasteiger partial charge in [0.1, 0.15) is 0 Å². The van der Waals surface area contributed by atoms with Crippen LogP contribution in [0.15, 0.2) is 30.3 Å². The molecular weight excluding hydrogens is 279 g/mol. The zero-order valence-corrected chi connectivity index (χ0v) is 13.3. The fourth-order valence-electron chi connectivity index (χ4n) is 2.17. The molecule has 0 saturated carbocycles. The highest BCUT2D eigenvalue weighted by molar-refractivity contribution is 5.85. The van der Waals surface area contributed by atoms with Crippen molar-refractivity contribution < 1.29 is 0 Å². The molecule has 0 amide bonds. The quantitative estimate of drug-likeness (QED) is 0.917. The number of nitrogens with one attached hydrogen (secondary N) is 1. The Morgan fingerprint density at radius 3 is 2.16 bits per heavy atom. The Labute approximate surface area is 129 Å². The molecule has 1 fully saturated rings. The molecule has 19 heavy (non-hydrogen) atoms. The van der Waals surface area contributed by atoms with Gasteiger partial charge in [-0.25, -0.2) is 0 Å². The van der Waals surface area contributed by atoms with Crippen LogP contribution in [0.3, 0.4) is 0 Å². The predicted molar refractivity (Wildman–Crippen MR) is 89.9 cm³/mol. The zero-order chi connectivity index (χ0) is 12.1. The lowest BCUT2D eigenvalue weighted by Gasteiger charge is -2.19. The number of nitrogens with zero attached hydrogens (tertiary/aromatic N) is 1. The summed E-state index contributed by atoms with van der Waals surface area (Å²) in [6.07, 6.45) is 7.17. The molecule has 1 aliphatic rings. The molecule has 1 N–H and O–H groups in total. The normalized spacial score (nSPS) is 15.7. The topological polar surface area (TPSA) is 15.3 Å². The molecule has 2 nitrogen and oxygen atoms in total. The van der Waals surface area contributed by atoms with Gasteiger partial charge in [0.2, 0.25) is 0 Å². The summed E-state index contributed by atoms with van der Waals surface area (Å²) in [7, 11) is 4.14. The van der Waals surface area contributed by atoms with Crippen LogP contribution in [0.4, 0.5) is 5.69 Å². The van der Waals surface area contributed by atoms with Gasteiger partial charge in [0, 0.05) is 19.8 Å². The molecule has 1 aromatic rings. The van der Waals surface area contributed by atoms with E-state index in [-0.39, 0.29) is 24.8 Å². The van der Waals surface area contributed by atoms with Crippen molar-refractivity contribution in [3.05, 3.63) is 35.9 Å². The second kappa shape index (κ2) is 9.24. The predicted octanol–water partition coefficient (Wildman–Crippen LogP) is 3.61. The van der Waals surface area contributed by atoms with Crippen LogP contribution in [0.2, 0.25) is 0 Å². The number of piperidine rings is 1. The summed E-state index contributed by atoms with van der Waals surface area (Å²) in [6.45, 7) is 2.32. The fraction of sp³-hybridized carbons (Fsp3) is 0.467. The number of anilines is 1. The lowest BCUT2D eigenvalue weighted by molar-refractivity contribution is 0.438. The Bertz CT molecular complexity index is 368. The summed E-state index contributed by atoms with van der Waals surface area (Å²) in [6, 6.07) is 8.71. The second-order valence-electron chi connectivity index (χ2n) is 4.93. The maximum atomic E-state index is 3.39. The molecule has 0 aromatic heterocycles. The summed E-state index contributed by atoms with van der Waals surface area (Å²) in [5.74, 6) is 0.754. The molecular formula is C15H24Cl2N2. The van der Waals surface area contributed by atoms with Gasteiger partial charge in [0.15, 0.2) is 0 Å². The number of hydrogen-bond acceptors (Lipinski definition) is 2. The third kappa shape index (κ3) is 5.85.